The molecule has 0 aromatic heterocycles. The van der Waals surface area contributed by atoms with Crippen molar-refractivity contribution in [2.24, 2.45) is 5.92 Å². The molecule has 1 unspecified atom stereocenters. The van der Waals surface area contributed by atoms with Crippen LogP contribution in [0.3, 0.4) is 0 Å². The number of nitrogens with zero attached hydrogens (tertiary/aromatic N) is 2. The van der Waals surface area contributed by atoms with Gasteiger partial charge in [0.15, 0.2) is 0 Å². The van der Waals surface area contributed by atoms with Crippen molar-refractivity contribution in [1.82, 2.24) is 9.80 Å². The SMILES string of the molecule is O=C(CSCC(=O)N1CCCC1C1CCCC1)N1CCOCC1. The first-order valence-electron chi connectivity index (χ1n) is 8.98. The van der Waals surface area contributed by atoms with Gasteiger partial charge in [-0.25, -0.2) is 0 Å². The second-order valence-electron chi connectivity index (χ2n) is 6.83. The first kappa shape index (κ1) is 17.1. The van der Waals surface area contributed by atoms with E-state index in [-0.39, 0.29) is 11.8 Å². The molecule has 0 radical (unpaired) electrons. The van der Waals surface area contributed by atoms with Gasteiger partial charge >= 0.3 is 0 Å². The highest BCUT2D eigenvalue weighted by Crippen LogP contribution is 2.35. The molecule has 0 aromatic carbocycles. The van der Waals surface area contributed by atoms with E-state index in [1.54, 1.807) is 0 Å². The molecule has 130 valence electrons. The Labute approximate surface area is 143 Å². The van der Waals surface area contributed by atoms with E-state index < -0.39 is 0 Å². The molecule has 2 heterocycles. The van der Waals surface area contributed by atoms with Crippen LogP contribution in [0.15, 0.2) is 0 Å². The molecule has 2 saturated heterocycles. The van der Waals surface area contributed by atoms with Crippen LogP contribution in [0.1, 0.15) is 38.5 Å². The molecule has 6 heteroatoms. The largest absolute Gasteiger partial charge is 0.378 e. The standard InChI is InChI=1S/C17H28N2O3S/c20-16(18-8-10-22-11-9-18)12-23-13-17(21)19-7-3-6-15(19)14-4-1-2-5-14/h14-15H,1-13H2. The molecular formula is C17H28N2O3S. The van der Waals surface area contributed by atoms with Crippen molar-refractivity contribution < 1.29 is 14.3 Å². The lowest BCUT2D eigenvalue weighted by Gasteiger charge is -2.29. The Hall–Kier alpha value is -0.750. The first-order chi connectivity index (χ1) is 11.3. The maximum Gasteiger partial charge on any atom is 0.232 e. The molecule has 3 fully saturated rings. The number of thioether (sulfide) groups is 1. The number of rotatable bonds is 5. The molecule has 1 aliphatic carbocycles. The van der Waals surface area contributed by atoms with Gasteiger partial charge < -0.3 is 14.5 Å². The van der Waals surface area contributed by atoms with Crippen molar-refractivity contribution in [3.05, 3.63) is 0 Å². The minimum atomic E-state index is 0.139. The van der Waals surface area contributed by atoms with Crippen LogP contribution in [0.4, 0.5) is 0 Å². The summed E-state index contributed by atoms with van der Waals surface area (Å²) in [6, 6.07) is 0.473. The highest BCUT2D eigenvalue weighted by Gasteiger charge is 2.35. The van der Waals surface area contributed by atoms with Crippen LogP contribution in [0.2, 0.25) is 0 Å². The fourth-order valence-corrected chi connectivity index (χ4v) is 4.95. The predicted molar refractivity (Wildman–Crippen MR) is 91.4 cm³/mol. The zero-order valence-electron chi connectivity index (χ0n) is 13.9. The third-order valence-corrected chi connectivity index (χ3v) is 6.28. The van der Waals surface area contributed by atoms with Crippen molar-refractivity contribution >= 4 is 23.6 Å². The van der Waals surface area contributed by atoms with Crippen LogP contribution >= 0.6 is 11.8 Å². The Morgan fingerprint density at radius 2 is 1.61 bits per heavy atom. The van der Waals surface area contributed by atoms with Gasteiger partial charge in [-0.1, -0.05) is 12.8 Å². The summed E-state index contributed by atoms with van der Waals surface area (Å²) in [5.41, 5.74) is 0. The van der Waals surface area contributed by atoms with Crippen molar-refractivity contribution in [3.63, 3.8) is 0 Å². The fraction of sp³-hybridized carbons (Fsp3) is 0.882. The molecule has 23 heavy (non-hydrogen) atoms. The minimum Gasteiger partial charge on any atom is -0.378 e. The molecule has 0 N–H and O–H groups in total. The van der Waals surface area contributed by atoms with Crippen molar-refractivity contribution in [3.8, 4) is 0 Å². The van der Waals surface area contributed by atoms with Crippen LogP contribution in [-0.4, -0.2) is 72.0 Å². The zero-order valence-corrected chi connectivity index (χ0v) is 14.7. The summed E-state index contributed by atoms with van der Waals surface area (Å²) in [4.78, 5) is 28.6. The lowest BCUT2D eigenvalue weighted by atomic mass is 9.96. The molecule has 5 nitrogen and oxygen atoms in total. The molecule has 0 bridgehead atoms. The van der Waals surface area contributed by atoms with Gasteiger partial charge in [0.2, 0.25) is 11.8 Å². The van der Waals surface area contributed by atoms with Gasteiger partial charge in [0.1, 0.15) is 0 Å². The van der Waals surface area contributed by atoms with Crippen molar-refractivity contribution in [2.45, 2.75) is 44.6 Å². The lowest BCUT2D eigenvalue weighted by molar-refractivity contribution is -0.132. The molecule has 2 aliphatic heterocycles. The number of carbonyl (C=O) groups excluding carboxylic acids is 2. The summed E-state index contributed by atoms with van der Waals surface area (Å²) in [5, 5.41) is 0. The highest BCUT2D eigenvalue weighted by atomic mass is 32.2. The smallest absolute Gasteiger partial charge is 0.232 e. The maximum absolute atomic E-state index is 12.5. The first-order valence-corrected chi connectivity index (χ1v) is 10.1. The number of hydrogen-bond donors (Lipinski definition) is 0. The zero-order chi connectivity index (χ0) is 16.1. The van der Waals surface area contributed by atoms with Gasteiger partial charge in [-0.2, -0.15) is 0 Å². The number of morpholine rings is 1. The molecule has 0 spiro atoms. The molecule has 3 aliphatic rings. The average Bonchev–Trinajstić information content (AvgIpc) is 3.26. The van der Waals surface area contributed by atoms with E-state index in [2.05, 4.69) is 4.90 Å². The van der Waals surface area contributed by atoms with Gasteiger partial charge in [-0.15, -0.1) is 11.8 Å². The van der Waals surface area contributed by atoms with Crippen LogP contribution in [0.5, 0.6) is 0 Å². The average molecular weight is 340 g/mol. The number of amides is 2. The van der Waals surface area contributed by atoms with E-state index in [1.807, 2.05) is 4.90 Å². The maximum atomic E-state index is 12.5. The summed E-state index contributed by atoms with van der Waals surface area (Å²) in [6.45, 7) is 3.54. The minimum absolute atomic E-state index is 0.139. The van der Waals surface area contributed by atoms with Gasteiger partial charge in [0, 0.05) is 25.7 Å². The van der Waals surface area contributed by atoms with E-state index >= 15 is 0 Å². The Bertz CT molecular complexity index is 420. The predicted octanol–water partition coefficient (Wildman–Crippen LogP) is 1.76. The van der Waals surface area contributed by atoms with E-state index in [4.69, 9.17) is 4.74 Å². The molecule has 1 saturated carbocycles. The second kappa shape index (κ2) is 8.38. The summed E-state index contributed by atoms with van der Waals surface area (Å²) in [6.07, 6.45) is 7.55. The van der Waals surface area contributed by atoms with Crippen molar-refractivity contribution in [2.75, 3.05) is 44.4 Å². The molecule has 1 atom stereocenters. The van der Waals surface area contributed by atoms with Gasteiger partial charge in [-0.3, -0.25) is 9.59 Å². The van der Waals surface area contributed by atoms with Gasteiger partial charge in [-0.05, 0) is 31.6 Å². The Kier molecular flexibility index (Phi) is 6.22. The third kappa shape index (κ3) is 4.41. The number of likely N-dealkylation sites (tertiary alicyclic amines) is 1. The summed E-state index contributed by atoms with van der Waals surface area (Å²) < 4.78 is 5.26. The number of ether oxygens (including phenoxy) is 1. The molecular weight excluding hydrogens is 312 g/mol. The van der Waals surface area contributed by atoms with Crippen molar-refractivity contribution in [1.29, 1.82) is 0 Å². The normalized spacial score (nSPS) is 26.0. The van der Waals surface area contributed by atoms with E-state index in [0.717, 1.165) is 18.9 Å². The number of hydrogen-bond acceptors (Lipinski definition) is 4. The van der Waals surface area contributed by atoms with Gasteiger partial charge in [0.25, 0.3) is 0 Å². The van der Waals surface area contributed by atoms with E-state index in [0.29, 0.717) is 43.9 Å². The Balaban J connectivity index is 1.40. The lowest BCUT2D eigenvalue weighted by Crippen LogP contribution is -2.42. The quantitative estimate of drug-likeness (QED) is 0.765. The third-order valence-electron chi connectivity index (χ3n) is 5.38. The molecule has 3 rings (SSSR count). The van der Waals surface area contributed by atoms with Crippen LogP contribution < -0.4 is 0 Å². The topological polar surface area (TPSA) is 49.9 Å². The highest BCUT2D eigenvalue weighted by molar-refractivity contribution is 8.00. The Morgan fingerprint density at radius 3 is 2.35 bits per heavy atom. The second-order valence-corrected chi connectivity index (χ2v) is 7.81. The fourth-order valence-electron chi connectivity index (χ4n) is 4.15. The summed E-state index contributed by atoms with van der Waals surface area (Å²) in [7, 11) is 0. The molecule has 2 amide bonds. The van der Waals surface area contributed by atoms with Gasteiger partial charge in [0.05, 0.1) is 24.7 Å². The van der Waals surface area contributed by atoms with E-state index in [1.165, 1.54) is 43.9 Å². The summed E-state index contributed by atoms with van der Waals surface area (Å²) >= 11 is 1.47. The molecule has 0 aromatic rings. The van der Waals surface area contributed by atoms with Crippen LogP contribution in [0, 0.1) is 5.92 Å². The van der Waals surface area contributed by atoms with E-state index in [9.17, 15) is 9.59 Å². The number of carbonyl (C=O) groups is 2. The summed E-state index contributed by atoms with van der Waals surface area (Å²) in [5.74, 6) is 1.95. The monoisotopic (exact) mass is 340 g/mol. The van der Waals surface area contributed by atoms with Crippen LogP contribution in [-0.2, 0) is 14.3 Å². The Morgan fingerprint density at radius 1 is 0.913 bits per heavy atom. The van der Waals surface area contributed by atoms with Crippen LogP contribution in [0.25, 0.3) is 0 Å².